The minimum absolute atomic E-state index is 0.127. The minimum atomic E-state index is -0.413. The van der Waals surface area contributed by atoms with E-state index in [1.807, 2.05) is 55.4 Å². The van der Waals surface area contributed by atoms with E-state index < -0.39 is 6.04 Å². The summed E-state index contributed by atoms with van der Waals surface area (Å²) in [6, 6.07) is 10.6. The fourth-order valence-electron chi connectivity index (χ4n) is 2.17. The SMILES string of the molecule is COc1ccccc1NC(=O)C(c1cccnc1)N(C)C. The predicted octanol–water partition coefficient (Wildman–Crippen LogP) is 2.33. The van der Waals surface area contributed by atoms with Crippen LogP contribution in [0.15, 0.2) is 48.8 Å². The number of aromatic nitrogens is 1. The van der Waals surface area contributed by atoms with Crippen molar-refractivity contribution in [1.29, 1.82) is 0 Å². The molecule has 0 saturated carbocycles. The molecule has 0 radical (unpaired) electrons. The predicted molar refractivity (Wildman–Crippen MR) is 82.3 cm³/mol. The highest BCUT2D eigenvalue weighted by Gasteiger charge is 2.23. The molecule has 1 N–H and O–H groups in total. The van der Waals surface area contributed by atoms with Crippen LogP contribution in [0.25, 0.3) is 0 Å². The van der Waals surface area contributed by atoms with Crippen LogP contribution in [0, 0.1) is 0 Å². The normalized spacial score (nSPS) is 12.0. The van der Waals surface area contributed by atoms with Crippen LogP contribution < -0.4 is 10.1 Å². The molecule has 5 nitrogen and oxygen atoms in total. The summed E-state index contributed by atoms with van der Waals surface area (Å²) >= 11 is 0. The van der Waals surface area contributed by atoms with Crippen molar-refractivity contribution >= 4 is 11.6 Å². The third-order valence-corrected chi connectivity index (χ3v) is 3.13. The largest absolute Gasteiger partial charge is 0.495 e. The average molecular weight is 285 g/mol. The number of benzene rings is 1. The van der Waals surface area contributed by atoms with Gasteiger partial charge < -0.3 is 10.1 Å². The quantitative estimate of drug-likeness (QED) is 0.916. The Balaban J connectivity index is 2.24. The van der Waals surface area contributed by atoms with Gasteiger partial charge in [0.1, 0.15) is 11.8 Å². The van der Waals surface area contributed by atoms with Crippen molar-refractivity contribution in [2.45, 2.75) is 6.04 Å². The third-order valence-electron chi connectivity index (χ3n) is 3.13. The first-order valence-electron chi connectivity index (χ1n) is 6.63. The number of hydrogen-bond donors (Lipinski definition) is 1. The number of pyridine rings is 1. The molecule has 0 aliphatic carbocycles. The molecule has 2 rings (SSSR count). The fourth-order valence-corrected chi connectivity index (χ4v) is 2.17. The van der Waals surface area contributed by atoms with Crippen LogP contribution in [0.3, 0.4) is 0 Å². The molecule has 0 spiro atoms. The van der Waals surface area contributed by atoms with Crippen molar-refractivity contribution in [1.82, 2.24) is 9.88 Å². The Bertz CT molecular complexity index is 599. The highest BCUT2D eigenvalue weighted by atomic mass is 16.5. The second-order valence-electron chi connectivity index (χ2n) is 4.84. The van der Waals surface area contributed by atoms with E-state index in [1.165, 1.54) is 0 Å². The van der Waals surface area contributed by atoms with Crippen molar-refractivity contribution in [3.8, 4) is 5.75 Å². The first-order valence-corrected chi connectivity index (χ1v) is 6.63. The number of para-hydroxylation sites is 2. The number of anilines is 1. The van der Waals surface area contributed by atoms with Gasteiger partial charge in [0.25, 0.3) is 0 Å². The van der Waals surface area contributed by atoms with Gasteiger partial charge in [0.05, 0.1) is 12.8 Å². The van der Waals surface area contributed by atoms with Crippen molar-refractivity contribution in [3.63, 3.8) is 0 Å². The summed E-state index contributed by atoms with van der Waals surface area (Å²) in [6.45, 7) is 0. The van der Waals surface area contributed by atoms with Crippen LogP contribution in [0.2, 0.25) is 0 Å². The number of likely N-dealkylation sites (N-methyl/N-ethyl adjacent to an activating group) is 1. The molecule has 0 aliphatic heterocycles. The Hall–Kier alpha value is -2.40. The van der Waals surface area contributed by atoms with Gasteiger partial charge in [-0.05, 0) is 37.9 Å². The summed E-state index contributed by atoms with van der Waals surface area (Å²) in [5.74, 6) is 0.507. The van der Waals surface area contributed by atoms with E-state index in [0.29, 0.717) is 11.4 Å². The Labute approximate surface area is 124 Å². The molecular weight excluding hydrogens is 266 g/mol. The first-order chi connectivity index (χ1) is 10.1. The van der Waals surface area contributed by atoms with Crippen LogP contribution in [0.1, 0.15) is 11.6 Å². The van der Waals surface area contributed by atoms with Crippen molar-refractivity contribution in [2.75, 3.05) is 26.5 Å². The van der Waals surface area contributed by atoms with Crippen LogP contribution in [0.5, 0.6) is 5.75 Å². The maximum absolute atomic E-state index is 12.6. The Kier molecular flexibility index (Phi) is 4.90. The molecule has 1 aromatic heterocycles. The maximum atomic E-state index is 12.6. The molecule has 0 aliphatic rings. The summed E-state index contributed by atoms with van der Waals surface area (Å²) < 4.78 is 5.25. The standard InChI is InChI=1S/C16H19N3O2/c1-19(2)15(12-7-6-10-17-11-12)16(20)18-13-8-4-5-9-14(13)21-3/h4-11,15H,1-3H3,(H,18,20). The summed E-state index contributed by atoms with van der Waals surface area (Å²) in [6.07, 6.45) is 3.39. The molecule has 0 fully saturated rings. The van der Waals surface area contributed by atoms with Gasteiger partial charge in [0, 0.05) is 12.4 Å². The number of nitrogens with one attached hydrogen (secondary N) is 1. The molecule has 0 bridgehead atoms. The van der Waals surface area contributed by atoms with E-state index in [2.05, 4.69) is 10.3 Å². The van der Waals surface area contributed by atoms with Gasteiger partial charge in [0.2, 0.25) is 5.91 Å². The lowest BCUT2D eigenvalue weighted by atomic mass is 10.1. The highest BCUT2D eigenvalue weighted by Crippen LogP contribution is 2.26. The van der Waals surface area contributed by atoms with Gasteiger partial charge in [-0.2, -0.15) is 0 Å². The van der Waals surface area contributed by atoms with Gasteiger partial charge in [-0.1, -0.05) is 18.2 Å². The Morgan fingerprint density at radius 2 is 2.00 bits per heavy atom. The minimum Gasteiger partial charge on any atom is -0.495 e. The van der Waals surface area contributed by atoms with E-state index in [1.54, 1.807) is 19.5 Å². The summed E-state index contributed by atoms with van der Waals surface area (Å²) in [5, 5.41) is 2.91. The molecule has 5 heteroatoms. The topological polar surface area (TPSA) is 54.5 Å². The molecular formula is C16H19N3O2. The zero-order valence-corrected chi connectivity index (χ0v) is 12.4. The van der Waals surface area contributed by atoms with Crippen molar-refractivity contribution in [3.05, 3.63) is 54.4 Å². The lowest BCUT2D eigenvalue weighted by Crippen LogP contribution is -2.32. The third kappa shape index (κ3) is 3.58. The average Bonchev–Trinajstić information content (AvgIpc) is 2.48. The first kappa shape index (κ1) is 15.0. The van der Waals surface area contributed by atoms with E-state index in [4.69, 9.17) is 4.74 Å². The Morgan fingerprint density at radius 1 is 1.24 bits per heavy atom. The number of carbonyl (C=O) groups excluding carboxylic acids is 1. The number of amides is 1. The zero-order valence-electron chi connectivity index (χ0n) is 12.4. The lowest BCUT2D eigenvalue weighted by Gasteiger charge is -2.23. The fraction of sp³-hybridized carbons (Fsp3) is 0.250. The zero-order chi connectivity index (χ0) is 15.2. The lowest BCUT2D eigenvalue weighted by molar-refractivity contribution is -0.120. The van der Waals surface area contributed by atoms with E-state index in [9.17, 15) is 4.79 Å². The summed E-state index contributed by atoms with van der Waals surface area (Å²) in [5.41, 5.74) is 1.50. The van der Waals surface area contributed by atoms with E-state index >= 15 is 0 Å². The van der Waals surface area contributed by atoms with Crippen LogP contribution in [-0.2, 0) is 4.79 Å². The van der Waals surface area contributed by atoms with Gasteiger partial charge in [0.15, 0.2) is 0 Å². The molecule has 1 heterocycles. The molecule has 0 saturated heterocycles. The highest BCUT2D eigenvalue weighted by molar-refractivity contribution is 5.96. The van der Waals surface area contributed by atoms with E-state index in [-0.39, 0.29) is 5.91 Å². The van der Waals surface area contributed by atoms with Gasteiger partial charge in [-0.15, -0.1) is 0 Å². The molecule has 1 atom stereocenters. The second kappa shape index (κ2) is 6.85. The number of ether oxygens (including phenoxy) is 1. The molecule has 1 unspecified atom stereocenters. The number of rotatable bonds is 5. The summed E-state index contributed by atoms with van der Waals surface area (Å²) in [7, 11) is 5.30. The molecule has 2 aromatic rings. The van der Waals surface area contributed by atoms with Gasteiger partial charge in [-0.3, -0.25) is 14.7 Å². The second-order valence-corrected chi connectivity index (χ2v) is 4.84. The smallest absolute Gasteiger partial charge is 0.246 e. The monoisotopic (exact) mass is 285 g/mol. The number of hydrogen-bond acceptors (Lipinski definition) is 4. The summed E-state index contributed by atoms with van der Waals surface area (Å²) in [4.78, 5) is 18.5. The number of methoxy groups -OCH3 is 1. The van der Waals surface area contributed by atoms with Crippen LogP contribution in [-0.4, -0.2) is 37.0 Å². The Morgan fingerprint density at radius 3 is 2.62 bits per heavy atom. The molecule has 21 heavy (non-hydrogen) atoms. The molecule has 1 amide bonds. The molecule has 1 aromatic carbocycles. The van der Waals surface area contributed by atoms with Gasteiger partial charge in [-0.25, -0.2) is 0 Å². The van der Waals surface area contributed by atoms with Gasteiger partial charge >= 0.3 is 0 Å². The van der Waals surface area contributed by atoms with E-state index in [0.717, 1.165) is 5.56 Å². The maximum Gasteiger partial charge on any atom is 0.246 e. The van der Waals surface area contributed by atoms with Crippen molar-refractivity contribution in [2.24, 2.45) is 0 Å². The van der Waals surface area contributed by atoms with Crippen LogP contribution in [0.4, 0.5) is 5.69 Å². The number of carbonyl (C=O) groups is 1. The van der Waals surface area contributed by atoms with Crippen LogP contribution >= 0.6 is 0 Å². The molecule has 110 valence electrons. The van der Waals surface area contributed by atoms with Crippen molar-refractivity contribution < 1.29 is 9.53 Å². The number of nitrogens with zero attached hydrogens (tertiary/aromatic N) is 2.